The lowest BCUT2D eigenvalue weighted by atomic mass is 9.79. The molecule has 3 fully saturated rings. The highest BCUT2D eigenvalue weighted by Crippen LogP contribution is 2.36. The smallest absolute Gasteiger partial charge is 0.325 e. The molecule has 1 saturated carbocycles. The highest BCUT2D eigenvalue weighted by Gasteiger charge is 2.54. The van der Waals surface area contributed by atoms with Gasteiger partial charge < -0.3 is 20.7 Å². The van der Waals surface area contributed by atoms with Gasteiger partial charge in [-0.05, 0) is 45.7 Å². The van der Waals surface area contributed by atoms with Crippen LogP contribution in [0.2, 0.25) is 0 Å². The predicted octanol–water partition coefficient (Wildman–Crippen LogP) is 0.372. The molecule has 1 unspecified atom stereocenters. The molecule has 1 atom stereocenters. The minimum absolute atomic E-state index is 0.0979. The van der Waals surface area contributed by atoms with E-state index in [0.717, 1.165) is 43.7 Å². The number of nitrogens with zero attached hydrogens (tertiary/aromatic N) is 1. The molecule has 3 aliphatic rings. The third-order valence-electron chi connectivity index (χ3n) is 6.17. The van der Waals surface area contributed by atoms with Gasteiger partial charge >= 0.3 is 6.03 Å². The maximum atomic E-state index is 12.8. The minimum atomic E-state index is -0.816. The Hall–Kier alpha value is -1.67. The number of imide groups is 1. The van der Waals surface area contributed by atoms with E-state index in [0.29, 0.717) is 26.0 Å². The normalized spacial score (nSPS) is 25.4. The molecule has 1 aliphatic carbocycles. The maximum absolute atomic E-state index is 12.8. The fraction of sp³-hybridized carbons (Fsp3) is 0.833. The summed E-state index contributed by atoms with van der Waals surface area (Å²) >= 11 is 0. The zero-order chi connectivity index (χ0) is 18.8. The number of rotatable bonds is 6. The van der Waals surface area contributed by atoms with Crippen LogP contribution in [0.25, 0.3) is 0 Å². The Labute approximate surface area is 154 Å². The van der Waals surface area contributed by atoms with Crippen molar-refractivity contribution in [2.75, 3.05) is 33.4 Å². The molecule has 3 N–H and O–H groups in total. The summed E-state index contributed by atoms with van der Waals surface area (Å²) in [4.78, 5) is 38.9. The fourth-order valence-electron chi connectivity index (χ4n) is 4.49. The molecule has 2 heterocycles. The quantitative estimate of drug-likeness (QED) is 0.590. The first-order chi connectivity index (χ1) is 12.4. The van der Waals surface area contributed by atoms with Gasteiger partial charge in [-0.3, -0.25) is 9.59 Å². The molecule has 26 heavy (non-hydrogen) atoms. The van der Waals surface area contributed by atoms with Gasteiger partial charge in [0.15, 0.2) is 0 Å². The highest BCUT2D eigenvalue weighted by molar-refractivity contribution is 6.09. The van der Waals surface area contributed by atoms with E-state index in [2.05, 4.69) is 16.0 Å². The molecule has 4 amide bonds. The van der Waals surface area contributed by atoms with Crippen molar-refractivity contribution in [3.63, 3.8) is 0 Å². The summed E-state index contributed by atoms with van der Waals surface area (Å²) in [6.45, 7) is 4.47. The Morgan fingerprint density at radius 1 is 1.23 bits per heavy atom. The highest BCUT2D eigenvalue weighted by atomic mass is 16.5. The van der Waals surface area contributed by atoms with Crippen molar-refractivity contribution < 1.29 is 19.1 Å². The number of hydrogen-bond donors (Lipinski definition) is 3. The monoisotopic (exact) mass is 366 g/mol. The van der Waals surface area contributed by atoms with Gasteiger partial charge in [0.05, 0.1) is 6.61 Å². The van der Waals surface area contributed by atoms with E-state index in [-0.39, 0.29) is 17.2 Å². The molecule has 0 aromatic rings. The van der Waals surface area contributed by atoms with Gasteiger partial charge in [-0.1, -0.05) is 12.8 Å². The first kappa shape index (κ1) is 19.1. The molecule has 146 valence electrons. The number of nitrogens with one attached hydrogen (secondary N) is 3. The fourth-order valence-corrected chi connectivity index (χ4v) is 4.49. The lowest BCUT2D eigenvalue weighted by molar-refractivity contribution is -0.138. The summed E-state index contributed by atoms with van der Waals surface area (Å²) < 4.78 is 5.37. The molecule has 8 nitrogen and oxygen atoms in total. The van der Waals surface area contributed by atoms with E-state index >= 15 is 0 Å². The van der Waals surface area contributed by atoms with Gasteiger partial charge in [0, 0.05) is 19.1 Å². The summed E-state index contributed by atoms with van der Waals surface area (Å²) in [5.74, 6) is -0.548. The van der Waals surface area contributed by atoms with Crippen molar-refractivity contribution in [1.82, 2.24) is 20.9 Å². The van der Waals surface area contributed by atoms with Gasteiger partial charge in [-0.2, -0.15) is 0 Å². The second-order valence-corrected chi connectivity index (χ2v) is 7.97. The van der Waals surface area contributed by atoms with E-state index in [1.54, 1.807) is 14.0 Å². The van der Waals surface area contributed by atoms with Crippen LogP contribution in [-0.2, 0) is 14.3 Å². The van der Waals surface area contributed by atoms with Crippen LogP contribution in [-0.4, -0.2) is 67.7 Å². The Balaban J connectivity index is 1.62. The summed E-state index contributed by atoms with van der Waals surface area (Å²) in [5, 5.41) is 9.10. The van der Waals surface area contributed by atoms with Crippen LogP contribution in [0.3, 0.4) is 0 Å². The standard InChI is InChI=1S/C18H30N4O4/c1-13(22-15(24)18(21-16(22)25)5-3-4-6-18)14(23)20-11-17(12-26-2)7-9-19-10-8-17/h13,19H,3-12H2,1-2H3,(H,20,23)(H,21,25). The predicted molar refractivity (Wildman–Crippen MR) is 95.5 cm³/mol. The van der Waals surface area contributed by atoms with E-state index in [1.165, 1.54) is 0 Å². The topological polar surface area (TPSA) is 99.8 Å². The van der Waals surface area contributed by atoms with Crippen molar-refractivity contribution in [1.29, 1.82) is 0 Å². The first-order valence-corrected chi connectivity index (χ1v) is 9.56. The van der Waals surface area contributed by atoms with Crippen LogP contribution in [0.1, 0.15) is 45.4 Å². The maximum Gasteiger partial charge on any atom is 0.325 e. The molecule has 2 saturated heterocycles. The number of urea groups is 1. The number of carbonyl (C=O) groups is 3. The molecular weight excluding hydrogens is 336 g/mol. The van der Waals surface area contributed by atoms with E-state index < -0.39 is 17.6 Å². The average molecular weight is 366 g/mol. The summed E-state index contributed by atoms with van der Waals surface area (Å²) in [5.41, 5.74) is -0.878. The largest absolute Gasteiger partial charge is 0.384 e. The van der Waals surface area contributed by atoms with E-state index in [9.17, 15) is 14.4 Å². The van der Waals surface area contributed by atoms with Crippen molar-refractivity contribution in [3.05, 3.63) is 0 Å². The van der Waals surface area contributed by atoms with E-state index in [4.69, 9.17) is 4.74 Å². The molecule has 0 radical (unpaired) electrons. The number of carbonyl (C=O) groups excluding carboxylic acids is 3. The Morgan fingerprint density at radius 3 is 2.50 bits per heavy atom. The summed E-state index contributed by atoms with van der Waals surface area (Å²) in [6.07, 6.45) is 5.00. The van der Waals surface area contributed by atoms with Gasteiger partial charge in [0.25, 0.3) is 5.91 Å². The molecule has 2 aliphatic heterocycles. The zero-order valence-electron chi connectivity index (χ0n) is 15.7. The molecular formula is C18H30N4O4. The van der Waals surface area contributed by atoms with Crippen molar-refractivity contribution >= 4 is 17.8 Å². The summed E-state index contributed by atoms with van der Waals surface area (Å²) in [6, 6.07) is -1.27. The number of piperidine rings is 1. The van der Waals surface area contributed by atoms with Crippen molar-refractivity contribution in [2.45, 2.75) is 57.0 Å². The molecule has 3 rings (SSSR count). The lowest BCUT2D eigenvalue weighted by Crippen LogP contribution is -2.53. The summed E-state index contributed by atoms with van der Waals surface area (Å²) in [7, 11) is 1.67. The third kappa shape index (κ3) is 3.44. The number of methoxy groups -OCH3 is 1. The van der Waals surface area contributed by atoms with Crippen LogP contribution in [0.4, 0.5) is 4.79 Å². The van der Waals surface area contributed by atoms with Crippen LogP contribution in [0.15, 0.2) is 0 Å². The molecule has 8 heteroatoms. The van der Waals surface area contributed by atoms with Gasteiger partial charge in [-0.15, -0.1) is 0 Å². The minimum Gasteiger partial charge on any atom is -0.384 e. The van der Waals surface area contributed by atoms with Crippen LogP contribution >= 0.6 is 0 Å². The molecule has 0 aromatic heterocycles. The number of amides is 4. The van der Waals surface area contributed by atoms with Crippen LogP contribution in [0, 0.1) is 5.41 Å². The molecule has 0 bridgehead atoms. The number of hydrogen-bond acceptors (Lipinski definition) is 5. The first-order valence-electron chi connectivity index (χ1n) is 9.56. The van der Waals surface area contributed by atoms with Crippen molar-refractivity contribution in [3.8, 4) is 0 Å². The second kappa shape index (κ2) is 7.52. The Bertz CT molecular complexity index is 562. The average Bonchev–Trinajstić information content (AvgIpc) is 3.19. The van der Waals surface area contributed by atoms with Gasteiger partial charge in [0.1, 0.15) is 11.6 Å². The Kier molecular flexibility index (Phi) is 5.53. The van der Waals surface area contributed by atoms with Crippen LogP contribution < -0.4 is 16.0 Å². The molecule has 0 aromatic carbocycles. The lowest BCUT2D eigenvalue weighted by Gasteiger charge is -2.37. The van der Waals surface area contributed by atoms with Gasteiger partial charge in [-0.25, -0.2) is 9.69 Å². The molecule has 1 spiro atoms. The van der Waals surface area contributed by atoms with Gasteiger partial charge in [0.2, 0.25) is 5.91 Å². The second-order valence-electron chi connectivity index (χ2n) is 7.97. The SMILES string of the molecule is COCC1(CNC(=O)C(C)N2C(=O)NC3(CCCC3)C2=O)CCNCC1. The zero-order valence-corrected chi connectivity index (χ0v) is 15.7. The van der Waals surface area contributed by atoms with Crippen molar-refractivity contribution in [2.24, 2.45) is 5.41 Å². The Morgan fingerprint density at radius 2 is 1.88 bits per heavy atom. The van der Waals surface area contributed by atoms with Crippen LogP contribution in [0.5, 0.6) is 0 Å². The number of ether oxygens (including phenoxy) is 1. The third-order valence-corrected chi connectivity index (χ3v) is 6.17. The van der Waals surface area contributed by atoms with E-state index in [1.807, 2.05) is 0 Å².